The van der Waals surface area contributed by atoms with Crippen molar-refractivity contribution in [3.05, 3.63) is 15.8 Å². The first kappa shape index (κ1) is 13.0. The van der Waals surface area contributed by atoms with E-state index in [9.17, 15) is 10.1 Å². The van der Waals surface area contributed by atoms with Gasteiger partial charge in [0.15, 0.2) is 5.03 Å². The second-order valence-electron chi connectivity index (χ2n) is 4.02. The molecule has 1 aromatic rings. The zero-order valence-corrected chi connectivity index (χ0v) is 10.8. The Morgan fingerprint density at radius 3 is 3.00 bits per heavy atom. The van der Waals surface area contributed by atoms with Crippen molar-refractivity contribution in [1.82, 2.24) is 9.97 Å². The van der Waals surface area contributed by atoms with E-state index in [0.29, 0.717) is 16.5 Å². The number of nitro groups is 1. The number of nitrogen functional groups attached to an aromatic ring is 1. The fraction of sp³-hybridized carbons (Fsp3) is 0.600. The van der Waals surface area contributed by atoms with Gasteiger partial charge in [-0.2, -0.15) is 4.98 Å². The molecule has 1 aromatic heterocycles. The molecule has 18 heavy (non-hydrogen) atoms. The van der Waals surface area contributed by atoms with Crippen LogP contribution in [0.3, 0.4) is 0 Å². The minimum atomic E-state index is -0.466. The molecule has 1 saturated heterocycles. The highest BCUT2D eigenvalue weighted by atomic mass is 32.2. The Morgan fingerprint density at radius 2 is 2.39 bits per heavy atom. The molecule has 0 radical (unpaired) electrons. The van der Waals surface area contributed by atoms with Crippen LogP contribution in [-0.4, -0.2) is 33.4 Å². The van der Waals surface area contributed by atoms with E-state index < -0.39 is 4.92 Å². The zero-order chi connectivity index (χ0) is 13.1. The van der Waals surface area contributed by atoms with Crippen molar-refractivity contribution in [3.63, 3.8) is 0 Å². The molecule has 0 saturated carbocycles. The molecule has 1 fully saturated rings. The molecule has 1 aliphatic rings. The number of nitrogens with two attached hydrogens (primary N) is 1. The van der Waals surface area contributed by atoms with E-state index in [1.54, 1.807) is 6.92 Å². The molecule has 0 aromatic carbocycles. The van der Waals surface area contributed by atoms with Gasteiger partial charge in [-0.3, -0.25) is 10.1 Å². The minimum absolute atomic E-state index is 0.0628. The maximum atomic E-state index is 11.0. The molecule has 98 valence electrons. The number of anilines is 1. The SMILES string of the molecule is Cc1nc(N)nc(SCC2CCCO2)c1[N+](=O)[O-]. The maximum Gasteiger partial charge on any atom is 0.322 e. The van der Waals surface area contributed by atoms with Gasteiger partial charge in [0.05, 0.1) is 11.0 Å². The fourth-order valence-electron chi connectivity index (χ4n) is 1.82. The number of aromatic nitrogens is 2. The van der Waals surface area contributed by atoms with Crippen molar-refractivity contribution in [1.29, 1.82) is 0 Å². The molecule has 0 amide bonds. The molecular weight excluding hydrogens is 256 g/mol. The topological polar surface area (TPSA) is 104 Å². The molecule has 2 rings (SSSR count). The number of hydrogen-bond donors (Lipinski definition) is 1. The second-order valence-corrected chi connectivity index (χ2v) is 5.03. The number of thioether (sulfide) groups is 1. The third-order valence-electron chi connectivity index (χ3n) is 2.66. The highest BCUT2D eigenvalue weighted by molar-refractivity contribution is 7.99. The van der Waals surface area contributed by atoms with E-state index in [4.69, 9.17) is 10.5 Å². The summed E-state index contributed by atoms with van der Waals surface area (Å²) in [4.78, 5) is 18.3. The van der Waals surface area contributed by atoms with Gasteiger partial charge in [0, 0.05) is 12.4 Å². The Bertz CT molecular complexity index is 463. The standard InChI is InChI=1S/C10H14N4O3S/c1-6-8(14(15)16)9(13-10(11)12-6)18-5-7-3-2-4-17-7/h7H,2-5H2,1H3,(H2,11,12,13). The van der Waals surface area contributed by atoms with Crippen LogP contribution in [0.25, 0.3) is 0 Å². The molecule has 7 nitrogen and oxygen atoms in total. The van der Waals surface area contributed by atoms with Gasteiger partial charge in [-0.05, 0) is 19.8 Å². The van der Waals surface area contributed by atoms with Crippen molar-refractivity contribution in [2.45, 2.75) is 30.9 Å². The van der Waals surface area contributed by atoms with Gasteiger partial charge in [0.1, 0.15) is 5.69 Å². The Balaban J connectivity index is 2.16. The summed E-state index contributed by atoms with van der Waals surface area (Å²) in [5.74, 6) is 0.712. The quantitative estimate of drug-likeness (QED) is 0.383. The van der Waals surface area contributed by atoms with Gasteiger partial charge in [-0.25, -0.2) is 4.98 Å². The van der Waals surface area contributed by atoms with E-state index in [1.807, 2.05) is 0 Å². The molecular formula is C10H14N4O3S. The molecule has 8 heteroatoms. The lowest BCUT2D eigenvalue weighted by atomic mass is 10.3. The van der Waals surface area contributed by atoms with Crippen LogP contribution < -0.4 is 5.73 Å². The van der Waals surface area contributed by atoms with Crippen LogP contribution in [0.1, 0.15) is 18.5 Å². The molecule has 1 atom stereocenters. The van der Waals surface area contributed by atoms with Crippen LogP contribution in [0.15, 0.2) is 5.03 Å². The number of hydrogen-bond acceptors (Lipinski definition) is 7. The van der Waals surface area contributed by atoms with Gasteiger partial charge < -0.3 is 10.5 Å². The molecule has 0 aliphatic carbocycles. The normalized spacial score (nSPS) is 19.1. The van der Waals surface area contributed by atoms with E-state index in [2.05, 4.69) is 9.97 Å². The van der Waals surface area contributed by atoms with Crippen LogP contribution in [0.5, 0.6) is 0 Å². The van der Waals surface area contributed by atoms with E-state index in [-0.39, 0.29) is 17.7 Å². The van der Waals surface area contributed by atoms with Crippen molar-refractivity contribution in [3.8, 4) is 0 Å². The summed E-state index contributed by atoms with van der Waals surface area (Å²) in [5, 5.41) is 11.3. The van der Waals surface area contributed by atoms with E-state index in [1.165, 1.54) is 11.8 Å². The summed E-state index contributed by atoms with van der Waals surface area (Å²) < 4.78 is 5.47. The molecule has 1 aliphatic heterocycles. The van der Waals surface area contributed by atoms with Crippen LogP contribution in [0, 0.1) is 17.0 Å². The summed E-state index contributed by atoms with van der Waals surface area (Å²) in [6.07, 6.45) is 2.17. The lowest BCUT2D eigenvalue weighted by molar-refractivity contribution is -0.389. The first-order valence-electron chi connectivity index (χ1n) is 5.61. The number of rotatable bonds is 4. The molecule has 0 bridgehead atoms. The number of ether oxygens (including phenoxy) is 1. The largest absolute Gasteiger partial charge is 0.377 e. The molecule has 2 N–H and O–H groups in total. The van der Waals surface area contributed by atoms with Gasteiger partial charge >= 0.3 is 5.69 Å². The van der Waals surface area contributed by atoms with Gasteiger partial charge in [-0.1, -0.05) is 11.8 Å². The van der Waals surface area contributed by atoms with E-state index >= 15 is 0 Å². The first-order chi connectivity index (χ1) is 8.58. The third-order valence-corrected chi connectivity index (χ3v) is 3.75. The molecule has 0 spiro atoms. The second kappa shape index (κ2) is 5.49. The van der Waals surface area contributed by atoms with Gasteiger partial charge in [0.2, 0.25) is 5.95 Å². The van der Waals surface area contributed by atoms with Gasteiger partial charge in [0.25, 0.3) is 0 Å². The lowest BCUT2D eigenvalue weighted by Gasteiger charge is -2.09. The fourth-order valence-corrected chi connectivity index (χ4v) is 2.94. The van der Waals surface area contributed by atoms with Crippen molar-refractivity contribution in [2.75, 3.05) is 18.1 Å². The summed E-state index contributed by atoms with van der Waals surface area (Å²) in [6.45, 7) is 2.32. The van der Waals surface area contributed by atoms with E-state index in [0.717, 1.165) is 19.4 Å². The Labute approximate surface area is 108 Å². The monoisotopic (exact) mass is 270 g/mol. The zero-order valence-electron chi connectivity index (χ0n) is 9.96. The van der Waals surface area contributed by atoms with Crippen molar-refractivity contribution < 1.29 is 9.66 Å². The average molecular weight is 270 g/mol. The summed E-state index contributed by atoms with van der Waals surface area (Å²) in [5.41, 5.74) is 5.75. The first-order valence-corrected chi connectivity index (χ1v) is 6.59. The number of aryl methyl sites for hydroxylation is 1. The number of nitrogens with zero attached hydrogens (tertiary/aromatic N) is 3. The third kappa shape index (κ3) is 2.88. The highest BCUT2D eigenvalue weighted by Gasteiger charge is 2.24. The summed E-state index contributed by atoms with van der Waals surface area (Å²) in [6, 6.07) is 0. The van der Waals surface area contributed by atoms with Crippen molar-refractivity contribution >= 4 is 23.4 Å². The van der Waals surface area contributed by atoms with Crippen LogP contribution in [0.4, 0.5) is 11.6 Å². The average Bonchev–Trinajstić information content (AvgIpc) is 2.77. The van der Waals surface area contributed by atoms with Crippen molar-refractivity contribution in [2.24, 2.45) is 0 Å². The minimum Gasteiger partial charge on any atom is -0.377 e. The van der Waals surface area contributed by atoms with Crippen LogP contribution in [0.2, 0.25) is 0 Å². The molecule has 2 heterocycles. The maximum absolute atomic E-state index is 11.0. The molecule has 1 unspecified atom stereocenters. The van der Waals surface area contributed by atoms with Crippen LogP contribution >= 0.6 is 11.8 Å². The Morgan fingerprint density at radius 1 is 1.61 bits per heavy atom. The summed E-state index contributed by atoms with van der Waals surface area (Å²) >= 11 is 1.30. The lowest BCUT2D eigenvalue weighted by Crippen LogP contribution is -2.10. The highest BCUT2D eigenvalue weighted by Crippen LogP contribution is 2.31. The predicted octanol–water partition coefficient (Wildman–Crippen LogP) is 1.55. The van der Waals surface area contributed by atoms with Crippen LogP contribution in [-0.2, 0) is 4.74 Å². The predicted molar refractivity (Wildman–Crippen MR) is 67.5 cm³/mol. The Kier molecular flexibility index (Phi) is 3.97. The summed E-state index contributed by atoms with van der Waals surface area (Å²) in [7, 11) is 0. The smallest absolute Gasteiger partial charge is 0.322 e. The van der Waals surface area contributed by atoms with Gasteiger partial charge in [-0.15, -0.1) is 0 Å². The Hall–Kier alpha value is -1.41.